The van der Waals surface area contributed by atoms with Gasteiger partial charge in [0.1, 0.15) is 12.7 Å². The van der Waals surface area contributed by atoms with Crippen LogP contribution in [-0.2, 0) is 14.3 Å². The number of carbonyl (C=O) groups is 1. The summed E-state index contributed by atoms with van der Waals surface area (Å²) in [5, 5.41) is 8.29. The van der Waals surface area contributed by atoms with Gasteiger partial charge in [0.15, 0.2) is 0 Å². The fourth-order valence-corrected chi connectivity index (χ4v) is 3.40. The van der Waals surface area contributed by atoms with Gasteiger partial charge in [-0.2, -0.15) is 0 Å². The zero-order valence-electron chi connectivity index (χ0n) is 12.7. The average molecular weight is 307 g/mol. The van der Waals surface area contributed by atoms with E-state index in [0.717, 1.165) is 38.1 Å². The molecule has 0 aromatic carbocycles. The Balaban J connectivity index is 1.39. The highest BCUT2D eigenvalue weighted by atomic mass is 16.5. The molecule has 1 aliphatic carbocycles. The Bertz CT molecular complexity index is 557. The smallest absolute Gasteiger partial charge is 0.248 e. The molecule has 1 saturated carbocycles. The topological polar surface area (TPSA) is 77.7 Å². The molecule has 7 heteroatoms. The predicted molar refractivity (Wildman–Crippen MR) is 75.1 cm³/mol. The van der Waals surface area contributed by atoms with Crippen molar-refractivity contribution in [2.75, 3.05) is 26.8 Å². The second kappa shape index (κ2) is 5.62. The van der Waals surface area contributed by atoms with Gasteiger partial charge in [-0.05, 0) is 31.6 Å². The summed E-state index contributed by atoms with van der Waals surface area (Å²) in [5.41, 5.74) is 0. The first-order valence-electron chi connectivity index (χ1n) is 8.00. The highest BCUT2D eigenvalue weighted by molar-refractivity contribution is 5.77. The molecule has 3 fully saturated rings. The zero-order valence-corrected chi connectivity index (χ0v) is 12.7. The molecule has 4 rings (SSSR count). The van der Waals surface area contributed by atoms with Gasteiger partial charge in [-0.1, -0.05) is 0 Å². The maximum Gasteiger partial charge on any atom is 0.248 e. The van der Waals surface area contributed by atoms with Gasteiger partial charge >= 0.3 is 0 Å². The standard InChI is InChI=1S/C15H21N3O4/c1-20-8-13(19)18-5-4-10-6-11(21-12(10)7-18)15-17-16-14(22-15)9-2-3-9/h9-12H,2-8H2,1H3/t10-,11-,12+/m0/s1. The van der Waals surface area contributed by atoms with E-state index in [0.29, 0.717) is 24.3 Å². The van der Waals surface area contributed by atoms with Crippen LogP contribution in [0.3, 0.4) is 0 Å². The summed E-state index contributed by atoms with van der Waals surface area (Å²) in [6, 6.07) is 0. The zero-order chi connectivity index (χ0) is 15.1. The van der Waals surface area contributed by atoms with Gasteiger partial charge in [-0.3, -0.25) is 4.79 Å². The van der Waals surface area contributed by atoms with Crippen LogP contribution >= 0.6 is 0 Å². The van der Waals surface area contributed by atoms with Gasteiger partial charge in [0, 0.05) is 26.1 Å². The highest BCUT2D eigenvalue weighted by Gasteiger charge is 2.43. The molecule has 3 heterocycles. The molecule has 120 valence electrons. The Kier molecular flexibility index (Phi) is 3.62. The van der Waals surface area contributed by atoms with Crippen LogP contribution in [0.5, 0.6) is 0 Å². The van der Waals surface area contributed by atoms with Crippen LogP contribution in [0.15, 0.2) is 4.42 Å². The molecule has 7 nitrogen and oxygen atoms in total. The molecule has 0 radical (unpaired) electrons. The van der Waals surface area contributed by atoms with E-state index in [1.165, 1.54) is 0 Å². The van der Waals surface area contributed by atoms with E-state index in [9.17, 15) is 4.79 Å². The van der Waals surface area contributed by atoms with Crippen LogP contribution in [0.25, 0.3) is 0 Å². The molecule has 1 aromatic heterocycles. The first-order valence-corrected chi connectivity index (χ1v) is 8.00. The number of nitrogens with zero attached hydrogens (tertiary/aromatic N) is 3. The lowest BCUT2D eigenvalue weighted by molar-refractivity contribution is -0.139. The third-order valence-electron chi connectivity index (χ3n) is 4.83. The van der Waals surface area contributed by atoms with E-state index >= 15 is 0 Å². The van der Waals surface area contributed by atoms with Crippen molar-refractivity contribution in [3.63, 3.8) is 0 Å². The van der Waals surface area contributed by atoms with E-state index < -0.39 is 0 Å². The number of carbonyl (C=O) groups excluding carboxylic acids is 1. The van der Waals surface area contributed by atoms with E-state index in [1.54, 1.807) is 7.11 Å². The SMILES string of the molecule is COCC(=O)N1CC[C@H]2C[C@@H](c3nnc(C4CC4)o3)O[C@@H]2C1. The monoisotopic (exact) mass is 307 g/mol. The van der Waals surface area contributed by atoms with Crippen molar-refractivity contribution in [2.24, 2.45) is 5.92 Å². The number of methoxy groups -OCH3 is 1. The number of ether oxygens (including phenoxy) is 2. The van der Waals surface area contributed by atoms with Crippen molar-refractivity contribution in [3.8, 4) is 0 Å². The fraction of sp³-hybridized carbons (Fsp3) is 0.800. The number of fused-ring (bicyclic) bond motifs is 1. The lowest BCUT2D eigenvalue weighted by Gasteiger charge is -2.33. The van der Waals surface area contributed by atoms with Gasteiger partial charge in [0.05, 0.1) is 6.10 Å². The molecule has 3 aliphatic rings. The van der Waals surface area contributed by atoms with Crippen molar-refractivity contribution in [1.82, 2.24) is 15.1 Å². The number of amides is 1. The summed E-state index contributed by atoms with van der Waals surface area (Å²) >= 11 is 0. The Morgan fingerprint density at radius 3 is 2.91 bits per heavy atom. The van der Waals surface area contributed by atoms with Gasteiger partial charge < -0.3 is 18.8 Å². The van der Waals surface area contributed by atoms with Crippen LogP contribution in [0.4, 0.5) is 0 Å². The van der Waals surface area contributed by atoms with E-state index in [-0.39, 0.29) is 24.7 Å². The first kappa shape index (κ1) is 14.1. The summed E-state index contributed by atoms with van der Waals surface area (Å²) in [7, 11) is 1.54. The van der Waals surface area contributed by atoms with Crippen LogP contribution in [-0.4, -0.2) is 53.9 Å². The highest BCUT2D eigenvalue weighted by Crippen LogP contribution is 2.43. The molecule has 3 atom stereocenters. The summed E-state index contributed by atoms with van der Waals surface area (Å²) in [5.74, 6) is 2.32. The number of hydrogen-bond acceptors (Lipinski definition) is 6. The van der Waals surface area contributed by atoms with Crippen LogP contribution in [0.1, 0.15) is 49.5 Å². The van der Waals surface area contributed by atoms with E-state index in [4.69, 9.17) is 13.9 Å². The molecule has 1 amide bonds. The second-order valence-electron chi connectivity index (χ2n) is 6.47. The van der Waals surface area contributed by atoms with E-state index in [2.05, 4.69) is 10.2 Å². The minimum atomic E-state index is -0.118. The summed E-state index contributed by atoms with van der Waals surface area (Å²) in [4.78, 5) is 13.8. The first-order chi connectivity index (χ1) is 10.7. The normalized spacial score (nSPS) is 31.3. The largest absolute Gasteiger partial charge is 0.422 e. The third kappa shape index (κ3) is 2.63. The van der Waals surface area contributed by atoms with Crippen molar-refractivity contribution in [2.45, 2.75) is 43.8 Å². The molecule has 22 heavy (non-hydrogen) atoms. The maximum atomic E-state index is 11.9. The number of rotatable bonds is 4. The van der Waals surface area contributed by atoms with Crippen molar-refractivity contribution in [3.05, 3.63) is 11.8 Å². The van der Waals surface area contributed by atoms with Crippen LogP contribution < -0.4 is 0 Å². The lowest BCUT2D eigenvalue weighted by atomic mass is 9.92. The quantitative estimate of drug-likeness (QED) is 0.833. The number of likely N-dealkylation sites (tertiary alicyclic amines) is 1. The Morgan fingerprint density at radius 1 is 1.32 bits per heavy atom. The summed E-state index contributed by atoms with van der Waals surface area (Å²) < 4.78 is 16.8. The average Bonchev–Trinajstić information content (AvgIpc) is 3.11. The minimum Gasteiger partial charge on any atom is -0.422 e. The summed E-state index contributed by atoms with van der Waals surface area (Å²) in [6.07, 6.45) is 4.11. The number of hydrogen-bond donors (Lipinski definition) is 0. The molecule has 0 unspecified atom stereocenters. The molecule has 2 aliphatic heterocycles. The molecule has 2 saturated heterocycles. The van der Waals surface area contributed by atoms with E-state index in [1.807, 2.05) is 4.90 Å². The van der Waals surface area contributed by atoms with Gasteiger partial charge in [-0.25, -0.2) is 0 Å². The van der Waals surface area contributed by atoms with Crippen LogP contribution in [0, 0.1) is 5.92 Å². The molecule has 0 spiro atoms. The number of aromatic nitrogens is 2. The Labute approximate surface area is 129 Å². The van der Waals surface area contributed by atoms with Gasteiger partial charge in [0.25, 0.3) is 0 Å². The molecular formula is C15H21N3O4. The third-order valence-corrected chi connectivity index (χ3v) is 4.83. The summed E-state index contributed by atoms with van der Waals surface area (Å²) in [6.45, 7) is 1.54. The molecular weight excluding hydrogens is 286 g/mol. The Morgan fingerprint density at radius 2 is 2.14 bits per heavy atom. The van der Waals surface area contributed by atoms with Gasteiger partial charge in [-0.15, -0.1) is 10.2 Å². The van der Waals surface area contributed by atoms with Crippen molar-refractivity contribution in [1.29, 1.82) is 0 Å². The van der Waals surface area contributed by atoms with Gasteiger partial charge in [0.2, 0.25) is 17.7 Å². The van der Waals surface area contributed by atoms with Crippen LogP contribution in [0.2, 0.25) is 0 Å². The van der Waals surface area contributed by atoms with Crippen molar-refractivity contribution >= 4 is 5.91 Å². The predicted octanol–water partition coefficient (Wildman–Crippen LogP) is 1.27. The second-order valence-corrected chi connectivity index (χ2v) is 6.47. The van der Waals surface area contributed by atoms with Crippen molar-refractivity contribution < 1.29 is 18.7 Å². The molecule has 1 aromatic rings. The minimum absolute atomic E-state index is 0.0295. The molecule has 0 bridgehead atoms. The fourth-order valence-electron chi connectivity index (χ4n) is 3.40. The molecule has 0 N–H and O–H groups in total. The lowest BCUT2D eigenvalue weighted by Crippen LogP contribution is -2.46. The maximum absolute atomic E-state index is 11.9. The number of piperidine rings is 1. The Hall–Kier alpha value is -1.47.